The molecule has 5 aliphatic carbocycles. The first-order valence-electron chi connectivity index (χ1n) is 9.90. The van der Waals surface area contributed by atoms with Crippen molar-refractivity contribution in [2.45, 2.75) is 77.2 Å². The Hall–Kier alpha value is -0.790. The molecule has 0 spiro atoms. The Morgan fingerprint density at radius 2 is 1.78 bits per heavy atom. The van der Waals surface area contributed by atoms with Gasteiger partial charge < -0.3 is 5.32 Å². The first-order valence-corrected chi connectivity index (χ1v) is 9.90. The van der Waals surface area contributed by atoms with Crippen LogP contribution in [0.5, 0.6) is 0 Å². The van der Waals surface area contributed by atoms with Crippen molar-refractivity contribution in [2.24, 2.45) is 35.0 Å². The second-order valence-electron chi connectivity index (χ2n) is 9.75. The maximum absolute atomic E-state index is 12.4. The van der Waals surface area contributed by atoms with E-state index in [4.69, 9.17) is 0 Å². The molecule has 5 rings (SSSR count). The number of rotatable bonds is 3. The van der Waals surface area contributed by atoms with Crippen molar-refractivity contribution in [1.82, 2.24) is 5.32 Å². The molecule has 2 nitrogen and oxygen atoms in total. The monoisotopic (exact) mass is 315 g/mol. The molecule has 4 unspecified atom stereocenters. The van der Waals surface area contributed by atoms with Gasteiger partial charge in [-0.15, -0.1) is 0 Å². The van der Waals surface area contributed by atoms with Crippen LogP contribution in [-0.2, 0) is 4.79 Å². The molecule has 23 heavy (non-hydrogen) atoms. The highest BCUT2D eigenvalue weighted by molar-refractivity contribution is 5.87. The number of hydrogen-bond donors (Lipinski definition) is 1. The zero-order valence-electron chi connectivity index (χ0n) is 14.9. The first kappa shape index (κ1) is 15.7. The molecule has 2 heteroatoms. The van der Waals surface area contributed by atoms with Gasteiger partial charge in [0.2, 0.25) is 5.91 Å². The van der Waals surface area contributed by atoms with Crippen LogP contribution in [0, 0.1) is 35.0 Å². The van der Waals surface area contributed by atoms with E-state index in [1.165, 1.54) is 63.9 Å². The van der Waals surface area contributed by atoms with Crippen molar-refractivity contribution in [3.63, 3.8) is 0 Å². The van der Waals surface area contributed by atoms with Crippen LogP contribution in [0.15, 0.2) is 12.7 Å². The standard InChI is InChI=1S/C21H33NO/c1-4-19(23)22-21(16-7-5-6-14(2)8-16)17-9-15-10-18(21)13-20(3,11-15)12-17/h4,14-18H,1,5-13H2,2-3H3,(H,22,23). The van der Waals surface area contributed by atoms with Gasteiger partial charge in [-0.05, 0) is 86.0 Å². The molecule has 0 aromatic carbocycles. The second-order valence-corrected chi connectivity index (χ2v) is 9.75. The minimum atomic E-state index is 0.0702. The molecule has 1 amide bonds. The number of amides is 1. The van der Waals surface area contributed by atoms with Crippen molar-refractivity contribution in [3.8, 4) is 0 Å². The van der Waals surface area contributed by atoms with Gasteiger partial charge in [0, 0.05) is 5.54 Å². The molecule has 128 valence electrons. The summed E-state index contributed by atoms with van der Waals surface area (Å²) in [6, 6.07) is 0. The Morgan fingerprint density at radius 1 is 1.09 bits per heavy atom. The van der Waals surface area contributed by atoms with Gasteiger partial charge in [-0.25, -0.2) is 0 Å². The fourth-order valence-corrected chi connectivity index (χ4v) is 7.54. The fraction of sp³-hybridized carbons (Fsp3) is 0.857. The van der Waals surface area contributed by atoms with Crippen molar-refractivity contribution in [2.75, 3.05) is 0 Å². The molecule has 5 saturated carbocycles. The third-order valence-electron chi connectivity index (χ3n) is 7.98. The van der Waals surface area contributed by atoms with Crippen LogP contribution in [0.4, 0.5) is 0 Å². The average molecular weight is 316 g/mol. The fourth-order valence-electron chi connectivity index (χ4n) is 7.54. The van der Waals surface area contributed by atoms with Gasteiger partial charge in [0.1, 0.15) is 0 Å². The Bertz CT molecular complexity index is 486. The van der Waals surface area contributed by atoms with Crippen molar-refractivity contribution in [1.29, 1.82) is 0 Å². The van der Waals surface area contributed by atoms with Gasteiger partial charge in [-0.3, -0.25) is 4.79 Å². The van der Waals surface area contributed by atoms with E-state index in [0.29, 0.717) is 23.2 Å². The minimum Gasteiger partial charge on any atom is -0.346 e. The lowest BCUT2D eigenvalue weighted by Crippen LogP contribution is -2.71. The van der Waals surface area contributed by atoms with E-state index in [2.05, 4.69) is 25.7 Å². The molecule has 0 aliphatic heterocycles. The van der Waals surface area contributed by atoms with Gasteiger partial charge >= 0.3 is 0 Å². The quantitative estimate of drug-likeness (QED) is 0.751. The highest BCUT2D eigenvalue weighted by Gasteiger charge is 2.63. The van der Waals surface area contributed by atoms with E-state index in [-0.39, 0.29) is 11.4 Å². The topological polar surface area (TPSA) is 29.1 Å². The highest BCUT2D eigenvalue weighted by Crippen LogP contribution is 2.66. The van der Waals surface area contributed by atoms with Crippen LogP contribution >= 0.6 is 0 Å². The van der Waals surface area contributed by atoms with Crippen molar-refractivity contribution in [3.05, 3.63) is 12.7 Å². The zero-order valence-corrected chi connectivity index (χ0v) is 14.9. The molecule has 4 atom stereocenters. The second kappa shape index (κ2) is 5.36. The largest absolute Gasteiger partial charge is 0.346 e. The molecular weight excluding hydrogens is 282 g/mol. The lowest BCUT2D eigenvalue weighted by Gasteiger charge is -2.67. The molecule has 5 aliphatic rings. The molecule has 0 radical (unpaired) electrons. The molecule has 1 N–H and O–H groups in total. The summed E-state index contributed by atoms with van der Waals surface area (Å²) < 4.78 is 0. The molecule has 0 saturated heterocycles. The number of hydrogen-bond acceptors (Lipinski definition) is 1. The number of carbonyl (C=O) groups excluding carboxylic acids is 1. The number of nitrogens with one attached hydrogen (secondary N) is 1. The van der Waals surface area contributed by atoms with Crippen LogP contribution in [0.25, 0.3) is 0 Å². The Balaban J connectivity index is 1.71. The SMILES string of the molecule is C=CC(=O)NC1(C2CCCC(C)C2)C2CC3CC1CC(C)(C3)C2. The summed E-state index contributed by atoms with van der Waals surface area (Å²) in [7, 11) is 0. The lowest BCUT2D eigenvalue weighted by molar-refractivity contribution is -0.154. The Morgan fingerprint density at radius 3 is 2.35 bits per heavy atom. The third kappa shape index (κ3) is 2.39. The van der Waals surface area contributed by atoms with E-state index in [1.807, 2.05) is 0 Å². The van der Waals surface area contributed by atoms with E-state index in [0.717, 1.165) is 11.8 Å². The predicted octanol–water partition coefficient (Wildman–Crippen LogP) is 4.70. The van der Waals surface area contributed by atoms with Gasteiger partial charge in [0.25, 0.3) is 0 Å². The van der Waals surface area contributed by atoms with Crippen molar-refractivity contribution < 1.29 is 4.79 Å². The van der Waals surface area contributed by atoms with Crippen molar-refractivity contribution >= 4 is 5.91 Å². The van der Waals surface area contributed by atoms with Gasteiger partial charge in [-0.2, -0.15) is 0 Å². The van der Waals surface area contributed by atoms with E-state index >= 15 is 0 Å². The van der Waals surface area contributed by atoms with Crippen LogP contribution in [-0.4, -0.2) is 11.4 Å². The molecule has 0 aromatic heterocycles. The Labute approximate surface area is 141 Å². The summed E-state index contributed by atoms with van der Waals surface area (Å²) in [6.45, 7) is 8.66. The van der Waals surface area contributed by atoms with Crippen LogP contribution in [0.2, 0.25) is 0 Å². The van der Waals surface area contributed by atoms with Gasteiger partial charge in [-0.1, -0.05) is 33.3 Å². The van der Waals surface area contributed by atoms with Gasteiger partial charge in [0.05, 0.1) is 0 Å². The maximum Gasteiger partial charge on any atom is 0.243 e. The highest BCUT2D eigenvalue weighted by atomic mass is 16.1. The summed E-state index contributed by atoms with van der Waals surface area (Å²) in [4.78, 5) is 12.4. The average Bonchev–Trinajstić information content (AvgIpc) is 2.49. The normalized spacial score (nSPS) is 51.5. The van der Waals surface area contributed by atoms with E-state index in [1.54, 1.807) is 0 Å². The minimum absolute atomic E-state index is 0.0702. The summed E-state index contributed by atoms with van der Waals surface area (Å²) in [5.74, 6) is 3.91. The summed E-state index contributed by atoms with van der Waals surface area (Å²) in [5.41, 5.74) is 0.634. The first-order chi connectivity index (χ1) is 10.9. The van der Waals surface area contributed by atoms with Crippen LogP contribution in [0.1, 0.15) is 71.6 Å². The predicted molar refractivity (Wildman–Crippen MR) is 93.9 cm³/mol. The smallest absolute Gasteiger partial charge is 0.243 e. The Kier molecular flexibility index (Phi) is 3.66. The van der Waals surface area contributed by atoms with Gasteiger partial charge in [0.15, 0.2) is 0 Å². The number of carbonyl (C=O) groups is 1. The lowest BCUT2D eigenvalue weighted by atomic mass is 9.41. The molecule has 5 fully saturated rings. The molecular formula is C21H33NO. The molecule has 4 bridgehead atoms. The van der Waals surface area contributed by atoms with E-state index in [9.17, 15) is 4.79 Å². The molecule has 0 heterocycles. The zero-order chi connectivity index (χ0) is 16.2. The maximum atomic E-state index is 12.4. The third-order valence-corrected chi connectivity index (χ3v) is 7.98. The van der Waals surface area contributed by atoms with Crippen LogP contribution < -0.4 is 5.32 Å². The summed E-state index contributed by atoms with van der Waals surface area (Å²) in [5, 5.41) is 3.58. The van der Waals surface area contributed by atoms with Crippen LogP contribution in [0.3, 0.4) is 0 Å². The van der Waals surface area contributed by atoms with E-state index < -0.39 is 0 Å². The summed E-state index contributed by atoms with van der Waals surface area (Å²) in [6.07, 6.45) is 13.7. The summed E-state index contributed by atoms with van der Waals surface area (Å²) >= 11 is 0. The molecule has 0 aromatic rings.